The third-order valence-corrected chi connectivity index (χ3v) is 1.35. The minimum atomic E-state index is -4.67. The van der Waals surface area contributed by atoms with Gasteiger partial charge in [0.1, 0.15) is 0 Å². The van der Waals surface area contributed by atoms with Crippen LogP contribution in [0.4, 0.5) is 0 Å². The second-order valence-corrected chi connectivity index (χ2v) is 3.61. The van der Waals surface area contributed by atoms with Gasteiger partial charge in [-0.05, 0) is 0 Å². The van der Waals surface area contributed by atoms with Crippen LogP contribution in [0.1, 0.15) is 45.4 Å². The molecule has 0 unspecified atom stereocenters. The molecule has 0 radical (unpaired) electrons. The van der Waals surface area contributed by atoms with Gasteiger partial charge in [0.25, 0.3) is 0 Å². The molecule has 14 heavy (non-hydrogen) atoms. The van der Waals surface area contributed by atoms with Crippen molar-refractivity contribution in [2.24, 2.45) is 0 Å². The summed E-state index contributed by atoms with van der Waals surface area (Å²) >= 11 is 0. The second kappa shape index (κ2) is 13.9. The van der Waals surface area contributed by atoms with Crippen LogP contribution in [0.2, 0.25) is 0 Å². The smallest absolute Gasteiger partial charge is 0.343 e. The SMILES string of the molecule is O=S(=O)(O)O.[CH2-]CCCCCCC.[Na+]. The van der Waals surface area contributed by atoms with E-state index in [4.69, 9.17) is 17.5 Å². The normalized spacial score (nSPS) is 9.71. The summed E-state index contributed by atoms with van der Waals surface area (Å²) in [7, 11) is -4.67. The molecule has 82 valence electrons. The fourth-order valence-electron chi connectivity index (χ4n) is 0.780. The predicted octanol–water partition coefficient (Wildman–Crippen LogP) is -0.468. The Hall–Kier alpha value is 0.870. The molecule has 0 saturated heterocycles. The Bertz CT molecular complexity index is 166. The summed E-state index contributed by atoms with van der Waals surface area (Å²) in [5.74, 6) is 0. The molecular formula is C8H19NaO4S. The van der Waals surface area contributed by atoms with Gasteiger partial charge in [-0.2, -0.15) is 14.8 Å². The number of unbranched alkanes of at least 4 members (excludes halogenated alkanes) is 5. The topological polar surface area (TPSA) is 74.6 Å². The van der Waals surface area contributed by atoms with Crippen LogP contribution in [-0.4, -0.2) is 17.5 Å². The van der Waals surface area contributed by atoms with Crippen LogP contribution in [0.3, 0.4) is 0 Å². The van der Waals surface area contributed by atoms with E-state index in [1.54, 1.807) is 0 Å². The first kappa shape index (κ1) is 20.3. The van der Waals surface area contributed by atoms with Gasteiger partial charge >= 0.3 is 40.0 Å². The standard InChI is InChI=1S/C8H17.Na.H2O4S/c1-3-5-7-8-6-4-2;;1-5(2,3)4/h1,3-8H2,2H3;;(H2,1,2,3,4)/q-1;+1;. The molecule has 0 bridgehead atoms. The average molecular weight is 234 g/mol. The molecular weight excluding hydrogens is 215 g/mol. The molecule has 0 fully saturated rings. The summed E-state index contributed by atoms with van der Waals surface area (Å²) in [6.07, 6.45) is 7.98. The molecule has 0 aromatic heterocycles. The quantitative estimate of drug-likeness (QED) is 0.292. The molecule has 2 N–H and O–H groups in total. The zero-order valence-corrected chi connectivity index (χ0v) is 11.9. The molecule has 0 saturated carbocycles. The predicted molar refractivity (Wildman–Crippen MR) is 52.9 cm³/mol. The van der Waals surface area contributed by atoms with Crippen LogP contribution in [0.25, 0.3) is 0 Å². The fraction of sp³-hybridized carbons (Fsp3) is 0.875. The van der Waals surface area contributed by atoms with Crippen molar-refractivity contribution in [2.75, 3.05) is 0 Å². The maximum Gasteiger partial charge on any atom is 1.00 e. The molecule has 6 heteroatoms. The van der Waals surface area contributed by atoms with Crippen LogP contribution in [-0.2, 0) is 10.4 Å². The Morgan fingerprint density at radius 1 is 1.07 bits per heavy atom. The summed E-state index contributed by atoms with van der Waals surface area (Å²) in [5.41, 5.74) is 0. The van der Waals surface area contributed by atoms with E-state index in [9.17, 15) is 0 Å². The van der Waals surface area contributed by atoms with Gasteiger partial charge in [-0.3, -0.25) is 9.11 Å². The van der Waals surface area contributed by atoms with Gasteiger partial charge in [0.2, 0.25) is 0 Å². The first-order chi connectivity index (χ1) is 5.91. The largest absolute Gasteiger partial charge is 1.00 e. The minimum absolute atomic E-state index is 0. The van der Waals surface area contributed by atoms with Crippen LogP contribution >= 0.6 is 0 Å². The van der Waals surface area contributed by atoms with Crippen LogP contribution < -0.4 is 29.6 Å². The summed E-state index contributed by atoms with van der Waals surface area (Å²) in [4.78, 5) is 0. The van der Waals surface area contributed by atoms with Crippen molar-refractivity contribution in [3.63, 3.8) is 0 Å². The van der Waals surface area contributed by atoms with E-state index in [-0.39, 0.29) is 29.6 Å². The molecule has 4 nitrogen and oxygen atoms in total. The first-order valence-corrected chi connectivity index (χ1v) is 5.80. The number of rotatable bonds is 5. The van der Waals surface area contributed by atoms with E-state index in [0.717, 1.165) is 6.42 Å². The Kier molecular flexibility index (Phi) is 20.1. The van der Waals surface area contributed by atoms with Crippen molar-refractivity contribution < 1.29 is 47.1 Å². The first-order valence-electron chi connectivity index (χ1n) is 4.41. The summed E-state index contributed by atoms with van der Waals surface area (Å²) in [6.45, 7) is 6.02. The molecule has 0 aliphatic rings. The van der Waals surface area contributed by atoms with Gasteiger partial charge in [-0.25, -0.2) is 0 Å². The van der Waals surface area contributed by atoms with Crippen LogP contribution in [0.15, 0.2) is 0 Å². The van der Waals surface area contributed by atoms with Gasteiger partial charge in [-0.15, -0.1) is 0 Å². The van der Waals surface area contributed by atoms with Crippen molar-refractivity contribution in [1.82, 2.24) is 0 Å². The van der Waals surface area contributed by atoms with Crippen LogP contribution in [0.5, 0.6) is 0 Å². The zero-order valence-electron chi connectivity index (χ0n) is 9.07. The van der Waals surface area contributed by atoms with E-state index in [2.05, 4.69) is 13.8 Å². The van der Waals surface area contributed by atoms with Crippen LogP contribution in [0, 0.1) is 6.92 Å². The Morgan fingerprint density at radius 2 is 1.43 bits per heavy atom. The third kappa shape index (κ3) is 52.6. The molecule has 0 aliphatic heterocycles. The zero-order chi connectivity index (χ0) is 10.7. The minimum Gasteiger partial charge on any atom is -0.343 e. The van der Waals surface area contributed by atoms with Gasteiger partial charge in [0.15, 0.2) is 0 Å². The molecule has 0 rings (SSSR count). The maximum absolute atomic E-state index is 8.74. The van der Waals surface area contributed by atoms with Gasteiger partial charge in [0.05, 0.1) is 0 Å². The van der Waals surface area contributed by atoms with E-state index < -0.39 is 10.4 Å². The summed E-state index contributed by atoms with van der Waals surface area (Å²) < 4.78 is 31.6. The van der Waals surface area contributed by atoms with Gasteiger partial charge < -0.3 is 6.92 Å². The van der Waals surface area contributed by atoms with E-state index >= 15 is 0 Å². The van der Waals surface area contributed by atoms with Crippen molar-refractivity contribution in [3.8, 4) is 0 Å². The average Bonchev–Trinajstić information content (AvgIpc) is 1.95. The Morgan fingerprint density at radius 3 is 1.71 bits per heavy atom. The Labute approximate surface area is 109 Å². The molecule has 0 heterocycles. The van der Waals surface area contributed by atoms with E-state index in [0.29, 0.717) is 0 Å². The van der Waals surface area contributed by atoms with Gasteiger partial charge in [0, 0.05) is 0 Å². The molecule has 0 aliphatic carbocycles. The molecule has 0 atom stereocenters. The van der Waals surface area contributed by atoms with Crippen molar-refractivity contribution in [1.29, 1.82) is 0 Å². The Balaban J connectivity index is -0.000000177. The molecule has 0 spiro atoms. The fourth-order valence-corrected chi connectivity index (χ4v) is 0.780. The summed E-state index contributed by atoms with van der Waals surface area (Å²) in [6, 6.07) is 0. The molecule has 0 amide bonds. The summed E-state index contributed by atoms with van der Waals surface area (Å²) in [5, 5.41) is 0. The van der Waals surface area contributed by atoms with E-state index in [1.807, 2.05) is 0 Å². The molecule has 0 aromatic rings. The van der Waals surface area contributed by atoms with Crippen molar-refractivity contribution >= 4 is 10.4 Å². The third-order valence-electron chi connectivity index (χ3n) is 1.35. The number of hydrogen-bond acceptors (Lipinski definition) is 2. The maximum atomic E-state index is 8.74. The second-order valence-electron chi connectivity index (χ2n) is 2.72. The number of hydrogen-bond donors (Lipinski definition) is 2. The monoisotopic (exact) mass is 234 g/mol. The van der Waals surface area contributed by atoms with E-state index in [1.165, 1.54) is 32.1 Å². The molecule has 0 aromatic carbocycles. The van der Waals surface area contributed by atoms with Crippen molar-refractivity contribution in [3.05, 3.63) is 6.92 Å². The van der Waals surface area contributed by atoms with Crippen molar-refractivity contribution in [2.45, 2.75) is 45.4 Å². The van der Waals surface area contributed by atoms with Gasteiger partial charge in [-0.1, -0.05) is 39.0 Å².